The number of amides is 1. The Labute approximate surface area is 215 Å². The fourth-order valence-electron chi connectivity index (χ4n) is 4.57. The van der Waals surface area contributed by atoms with E-state index in [0.717, 1.165) is 49.5 Å². The second-order valence-corrected chi connectivity index (χ2v) is 9.09. The molecule has 1 aromatic heterocycles. The van der Waals surface area contributed by atoms with Crippen LogP contribution in [0.2, 0.25) is 5.02 Å². The summed E-state index contributed by atoms with van der Waals surface area (Å²) in [5.41, 5.74) is 5.00. The van der Waals surface area contributed by atoms with Gasteiger partial charge in [0.1, 0.15) is 11.3 Å². The number of piperazine rings is 1. The third-order valence-corrected chi connectivity index (χ3v) is 6.97. The summed E-state index contributed by atoms with van der Waals surface area (Å²) in [6.07, 6.45) is 3.20. The molecule has 3 aromatic carbocycles. The first kappa shape index (κ1) is 24.0. The Kier molecular flexibility index (Phi) is 7.02. The topological polar surface area (TPSA) is 70.6 Å². The number of hydrogen-bond donors (Lipinski definition) is 1. The first-order chi connectivity index (χ1) is 17.6. The molecular weight excluding hydrogens is 474 g/mol. The van der Waals surface area contributed by atoms with Crippen molar-refractivity contribution in [3.8, 4) is 16.9 Å². The van der Waals surface area contributed by atoms with E-state index in [9.17, 15) is 4.79 Å². The maximum atomic E-state index is 13.3. The number of ether oxygens (including phenoxy) is 1. The molecule has 8 heteroatoms. The average Bonchev–Trinajstić information content (AvgIpc) is 2.93. The van der Waals surface area contributed by atoms with E-state index in [0.29, 0.717) is 27.4 Å². The number of carbonyl (C=O) groups is 1. The van der Waals surface area contributed by atoms with Crippen LogP contribution in [-0.4, -0.2) is 60.6 Å². The molecule has 1 aliphatic heterocycles. The molecule has 1 N–H and O–H groups in total. The minimum atomic E-state index is -0.243. The third-order valence-electron chi connectivity index (χ3n) is 6.64. The summed E-state index contributed by atoms with van der Waals surface area (Å²) >= 11 is 6.49. The molecule has 1 aliphatic rings. The summed E-state index contributed by atoms with van der Waals surface area (Å²) in [7, 11) is 1.61. The van der Waals surface area contributed by atoms with Crippen molar-refractivity contribution in [2.24, 2.45) is 0 Å². The zero-order valence-corrected chi connectivity index (χ0v) is 21.1. The number of carbonyl (C=O) groups excluding carboxylic acids is 1. The molecule has 1 amide bonds. The van der Waals surface area contributed by atoms with Crippen molar-refractivity contribution in [2.75, 3.05) is 50.1 Å². The number of halogens is 1. The molecule has 1 fully saturated rings. The molecule has 7 nitrogen and oxygen atoms in total. The van der Waals surface area contributed by atoms with Gasteiger partial charge >= 0.3 is 0 Å². The normalized spacial score (nSPS) is 14.1. The molecule has 0 unspecified atom stereocenters. The average molecular weight is 502 g/mol. The lowest BCUT2D eigenvalue weighted by molar-refractivity contribution is 0.102. The van der Waals surface area contributed by atoms with E-state index in [1.165, 1.54) is 5.69 Å². The van der Waals surface area contributed by atoms with Crippen LogP contribution in [0.5, 0.6) is 5.75 Å². The summed E-state index contributed by atoms with van der Waals surface area (Å²) in [5.74, 6) is 0.442. The molecule has 4 aromatic rings. The van der Waals surface area contributed by atoms with Gasteiger partial charge < -0.3 is 19.9 Å². The second-order valence-electron chi connectivity index (χ2n) is 8.68. The molecule has 0 radical (unpaired) electrons. The molecular formula is C28H28ClN5O2. The van der Waals surface area contributed by atoms with Crippen LogP contribution in [0.1, 0.15) is 17.3 Å². The SMILES string of the molecule is CCN1CCN(c2ccc(NC(=O)c3ccc(-c4cc(OC)ccc4Cl)c4nccnc34)cc2)CC1. The molecule has 0 atom stereocenters. The lowest BCUT2D eigenvalue weighted by atomic mass is 10.00. The van der Waals surface area contributed by atoms with Crippen molar-refractivity contribution in [3.63, 3.8) is 0 Å². The predicted molar refractivity (Wildman–Crippen MR) is 145 cm³/mol. The summed E-state index contributed by atoms with van der Waals surface area (Å²) in [5, 5.41) is 3.57. The van der Waals surface area contributed by atoms with Crippen LogP contribution in [0.15, 0.2) is 67.0 Å². The van der Waals surface area contributed by atoms with Gasteiger partial charge in [0.25, 0.3) is 5.91 Å². The lowest BCUT2D eigenvalue weighted by Crippen LogP contribution is -2.46. The number of rotatable bonds is 6. The number of methoxy groups -OCH3 is 1. The number of nitrogens with zero attached hydrogens (tertiary/aromatic N) is 4. The number of nitrogens with one attached hydrogen (secondary N) is 1. The zero-order valence-electron chi connectivity index (χ0n) is 20.4. The highest BCUT2D eigenvalue weighted by Crippen LogP contribution is 2.35. The number of fused-ring (bicyclic) bond motifs is 1. The number of aromatic nitrogens is 2. The van der Waals surface area contributed by atoms with Crippen LogP contribution in [0.4, 0.5) is 11.4 Å². The van der Waals surface area contributed by atoms with Crippen molar-refractivity contribution < 1.29 is 9.53 Å². The van der Waals surface area contributed by atoms with Crippen LogP contribution < -0.4 is 15.0 Å². The fourth-order valence-corrected chi connectivity index (χ4v) is 4.79. The molecule has 184 valence electrons. The monoisotopic (exact) mass is 501 g/mol. The Bertz CT molecular complexity index is 1380. The van der Waals surface area contributed by atoms with E-state index in [-0.39, 0.29) is 5.91 Å². The van der Waals surface area contributed by atoms with Gasteiger partial charge in [-0.1, -0.05) is 24.6 Å². The van der Waals surface area contributed by atoms with E-state index in [2.05, 4.69) is 44.1 Å². The Morgan fingerprint density at radius 1 is 0.944 bits per heavy atom. The summed E-state index contributed by atoms with van der Waals surface area (Å²) in [6, 6.07) is 17.1. The van der Waals surface area contributed by atoms with E-state index in [1.54, 1.807) is 37.7 Å². The van der Waals surface area contributed by atoms with E-state index >= 15 is 0 Å². The molecule has 0 bridgehead atoms. The molecule has 0 spiro atoms. The number of hydrogen-bond acceptors (Lipinski definition) is 6. The van der Waals surface area contributed by atoms with Crippen LogP contribution in [-0.2, 0) is 0 Å². The van der Waals surface area contributed by atoms with Gasteiger partial charge in [0, 0.05) is 66.1 Å². The molecule has 0 aliphatic carbocycles. The molecule has 5 rings (SSSR count). The number of anilines is 2. The van der Waals surface area contributed by atoms with Crippen molar-refractivity contribution in [1.29, 1.82) is 0 Å². The van der Waals surface area contributed by atoms with Gasteiger partial charge in [-0.25, -0.2) is 0 Å². The van der Waals surface area contributed by atoms with E-state index < -0.39 is 0 Å². The molecule has 0 saturated carbocycles. The van der Waals surface area contributed by atoms with Crippen LogP contribution >= 0.6 is 11.6 Å². The van der Waals surface area contributed by atoms with Crippen LogP contribution in [0.3, 0.4) is 0 Å². The predicted octanol–water partition coefficient (Wildman–Crippen LogP) is 5.35. The molecule has 36 heavy (non-hydrogen) atoms. The van der Waals surface area contributed by atoms with Crippen molar-refractivity contribution in [3.05, 3.63) is 77.6 Å². The molecule has 2 heterocycles. The highest BCUT2D eigenvalue weighted by molar-refractivity contribution is 6.33. The first-order valence-electron chi connectivity index (χ1n) is 12.0. The Hall–Kier alpha value is -3.68. The lowest BCUT2D eigenvalue weighted by Gasteiger charge is -2.35. The van der Waals surface area contributed by atoms with Crippen molar-refractivity contribution in [2.45, 2.75) is 6.92 Å². The highest BCUT2D eigenvalue weighted by Gasteiger charge is 2.19. The Morgan fingerprint density at radius 3 is 2.36 bits per heavy atom. The van der Waals surface area contributed by atoms with E-state index in [4.69, 9.17) is 16.3 Å². The highest BCUT2D eigenvalue weighted by atomic mass is 35.5. The smallest absolute Gasteiger partial charge is 0.257 e. The fraction of sp³-hybridized carbons (Fsp3) is 0.250. The largest absolute Gasteiger partial charge is 0.497 e. The van der Waals surface area contributed by atoms with Crippen molar-refractivity contribution >= 4 is 39.9 Å². The standard InChI is InChI=1S/C28H28ClN5O2/c1-3-33-14-16-34(17-15-33)20-6-4-19(5-7-20)32-28(35)23-10-9-22(26-27(23)31-13-12-30-26)24-18-21(36-2)8-11-25(24)29/h4-13,18H,3,14-17H2,1-2H3,(H,32,35). The maximum Gasteiger partial charge on any atom is 0.257 e. The second kappa shape index (κ2) is 10.5. The van der Waals surface area contributed by atoms with E-state index in [1.807, 2.05) is 24.3 Å². The number of likely N-dealkylation sites (N-methyl/N-ethyl adjacent to an activating group) is 1. The quantitative estimate of drug-likeness (QED) is 0.384. The summed E-state index contributed by atoms with van der Waals surface area (Å²) in [4.78, 5) is 27.1. The van der Waals surface area contributed by atoms with Crippen LogP contribution in [0.25, 0.3) is 22.2 Å². The van der Waals surface area contributed by atoms with Gasteiger partial charge in [-0.05, 0) is 55.1 Å². The van der Waals surface area contributed by atoms with Gasteiger partial charge in [0.2, 0.25) is 0 Å². The van der Waals surface area contributed by atoms with Gasteiger partial charge in [0.05, 0.1) is 18.2 Å². The molecule has 1 saturated heterocycles. The minimum Gasteiger partial charge on any atom is -0.497 e. The first-order valence-corrected chi connectivity index (χ1v) is 12.4. The zero-order chi connectivity index (χ0) is 25.1. The third kappa shape index (κ3) is 4.85. The summed E-state index contributed by atoms with van der Waals surface area (Å²) < 4.78 is 5.36. The minimum absolute atomic E-state index is 0.243. The Morgan fingerprint density at radius 2 is 1.67 bits per heavy atom. The maximum absolute atomic E-state index is 13.3. The van der Waals surface area contributed by atoms with Gasteiger partial charge in [-0.15, -0.1) is 0 Å². The van der Waals surface area contributed by atoms with Gasteiger partial charge in [0.15, 0.2) is 0 Å². The van der Waals surface area contributed by atoms with Gasteiger partial charge in [-0.2, -0.15) is 0 Å². The number of benzene rings is 3. The summed E-state index contributed by atoms with van der Waals surface area (Å²) in [6.45, 7) is 7.44. The Balaban J connectivity index is 1.39. The van der Waals surface area contributed by atoms with Gasteiger partial charge in [-0.3, -0.25) is 14.8 Å². The van der Waals surface area contributed by atoms with Crippen molar-refractivity contribution in [1.82, 2.24) is 14.9 Å². The van der Waals surface area contributed by atoms with Crippen LogP contribution in [0, 0.1) is 0 Å².